The second-order valence-corrected chi connectivity index (χ2v) is 13.1. The Balaban J connectivity index is 3.98. The van der Waals surface area contributed by atoms with Gasteiger partial charge in [0.1, 0.15) is 6.61 Å². The molecule has 0 aromatic heterocycles. The monoisotopic (exact) mass is 632 g/mol. The van der Waals surface area contributed by atoms with Crippen molar-refractivity contribution in [2.75, 3.05) is 13.2 Å². The molecule has 0 fully saturated rings. The van der Waals surface area contributed by atoms with Gasteiger partial charge in [0.25, 0.3) is 0 Å². The maximum absolute atomic E-state index is 12.3. The van der Waals surface area contributed by atoms with Crippen molar-refractivity contribution in [2.45, 2.75) is 180 Å². The smallest absolute Gasteiger partial charge is 0.462 e. The van der Waals surface area contributed by atoms with E-state index in [1.807, 2.05) is 0 Å². The third kappa shape index (κ3) is 33.5. The molecule has 0 amide bonds. The number of hydrogen-bond donors (Lipinski definition) is 2. The molecule has 0 aromatic carbocycles. The summed E-state index contributed by atoms with van der Waals surface area (Å²) >= 11 is 0. The summed E-state index contributed by atoms with van der Waals surface area (Å²) in [6.07, 6.45) is 30.8. The van der Waals surface area contributed by atoms with E-state index in [0.717, 1.165) is 57.8 Å². The lowest BCUT2D eigenvalue weighted by atomic mass is 10.0. The Hall–Kier alpha value is -1.21. The number of carbonyl (C=O) groups is 2. The van der Waals surface area contributed by atoms with E-state index >= 15 is 0 Å². The molecule has 43 heavy (non-hydrogen) atoms. The van der Waals surface area contributed by atoms with Crippen molar-refractivity contribution in [3.05, 3.63) is 12.2 Å². The number of unbranched alkanes of at least 4 members (excludes halogenated alkanes) is 20. The molecular formula is C34H65O8P. The second kappa shape index (κ2) is 30.8. The van der Waals surface area contributed by atoms with Gasteiger partial charge in [0.2, 0.25) is 0 Å². The fraction of sp³-hybridized carbons (Fsp3) is 0.882. The number of hydrogen-bond acceptors (Lipinski definition) is 6. The maximum atomic E-state index is 12.3. The van der Waals surface area contributed by atoms with Gasteiger partial charge in [-0.1, -0.05) is 142 Å². The van der Waals surface area contributed by atoms with Crippen LogP contribution < -0.4 is 0 Å². The highest BCUT2D eigenvalue weighted by atomic mass is 31.2. The highest BCUT2D eigenvalue weighted by molar-refractivity contribution is 7.46. The van der Waals surface area contributed by atoms with E-state index in [-0.39, 0.29) is 19.4 Å². The summed E-state index contributed by atoms with van der Waals surface area (Å²) in [7, 11) is -4.74. The number of phosphoric ester groups is 1. The van der Waals surface area contributed by atoms with Crippen molar-refractivity contribution in [3.8, 4) is 0 Å². The van der Waals surface area contributed by atoms with Crippen molar-refractivity contribution < 1.29 is 37.9 Å². The summed E-state index contributed by atoms with van der Waals surface area (Å²) in [6.45, 7) is 3.62. The zero-order valence-electron chi connectivity index (χ0n) is 27.6. The SMILES string of the molecule is CCCC/C=C/CCCCCCCC(=O)OC[C@H](COP(=O)(O)O)OC(=O)CCCCCCCCCCCCCCCC. The number of rotatable bonds is 32. The number of ether oxygens (including phenoxy) is 2. The lowest BCUT2D eigenvalue weighted by Gasteiger charge is -2.18. The molecule has 0 saturated carbocycles. The van der Waals surface area contributed by atoms with Gasteiger partial charge in [-0.3, -0.25) is 14.1 Å². The molecule has 1 atom stereocenters. The van der Waals surface area contributed by atoms with Gasteiger partial charge < -0.3 is 19.3 Å². The molecule has 0 radical (unpaired) electrons. The zero-order chi connectivity index (χ0) is 31.9. The molecule has 2 N–H and O–H groups in total. The Labute approximate surface area is 263 Å². The Morgan fingerprint density at radius 1 is 0.581 bits per heavy atom. The molecule has 0 aliphatic rings. The number of esters is 2. The molecule has 0 bridgehead atoms. The molecule has 0 unspecified atom stereocenters. The van der Waals surface area contributed by atoms with Gasteiger partial charge in [0, 0.05) is 12.8 Å². The molecule has 0 spiro atoms. The zero-order valence-corrected chi connectivity index (χ0v) is 28.5. The lowest BCUT2D eigenvalue weighted by molar-refractivity contribution is -0.161. The Kier molecular flexibility index (Phi) is 29.9. The van der Waals surface area contributed by atoms with Gasteiger partial charge in [0.05, 0.1) is 6.61 Å². The molecule has 0 aliphatic heterocycles. The van der Waals surface area contributed by atoms with Crippen LogP contribution in [-0.4, -0.2) is 41.0 Å². The first kappa shape index (κ1) is 41.8. The van der Waals surface area contributed by atoms with Gasteiger partial charge in [0.15, 0.2) is 6.10 Å². The average molecular weight is 633 g/mol. The van der Waals surface area contributed by atoms with Gasteiger partial charge in [-0.05, 0) is 32.1 Å². The average Bonchev–Trinajstić information content (AvgIpc) is 2.97. The molecule has 9 heteroatoms. The highest BCUT2D eigenvalue weighted by Crippen LogP contribution is 2.36. The van der Waals surface area contributed by atoms with Crippen LogP contribution in [0.1, 0.15) is 174 Å². The first-order chi connectivity index (χ1) is 20.8. The van der Waals surface area contributed by atoms with Crippen LogP contribution in [-0.2, 0) is 28.2 Å². The van der Waals surface area contributed by atoms with Crippen LogP contribution in [0, 0.1) is 0 Å². The summed E-state index contributed by atoms with van der Waals surface area (Å²) < 4.78 is 26.2. The van der Waals surface area contributed by atoms with Crippen molar-refractivity contribution >= 4 is 19.8 Å². The van der Waals surface area contributed by atoms with Crippen LogP contribution in [0.5, 0.6) is 0 Å². The van der Waals surface area contributed by atoms with E-state index in [0.29, 0.717) is 12.8 Å². The molecule has 254 valence electrons. The Bertz CT molecular complexity index is 721. The number of carbonyl (C=O) groups excluding carboxylic acids is 2. The van der Waals surface area contributed by atoms with E-state index in [9.17, 15) is 14.2 Å². The fourth-order valence-electron chi connectivity index (χ4n) is 4.88. The van der Waals surface area contributed by atoms with Crippen molar-refractivity contribution in [1.82, 2.24) is 0 Å². The summed E-state index contributed by atoms with van der Waals surface area (Å²) in [6, 6.07) is 0. The molecule has 0 saturated heterocycles. The summed E-state index contributed by atoms with van der Waals surface area (Å²) in [5.74, 6) is -0.891. The van der Waals surface area contributed by atoms with E-state index in [4.69, 9.17) is 19.3 Å². The predicted molar refractivity (Wildman–Crippen MR) is 175 cm³/mol. The molecule has 0 heterocycles. The first-order valence-electron chi connectivity index (χ1n) is 17.5. The Morgan fingerprint density at radius 2 is 1.00 bits per heavy atom. The van der Waals surface area contributed by atoms with Gasteiger partial charge >= 0.3 is 19.8 Å². The van der Waals surface area contributed by atoms with Gasteiger partial charge in [-0.15, -0.1) is 0 Å². The lowest BCUT2D eigenvalue weighted by Crippen LogP contribution is -2.29. The largest absolute Gasteiger partial charge is 0.469 e. The highest BCUT2D eigenvalue weighted by Gasteiger charge is 2.22. The fourth-order valence-corrected chi connectivity index (χ4v) is 5.24. The summed E-state index contributed by atoms with van der Waals surface area (Å²) in [4.78, 5) is 42.5. The number of phosphoric acid groups is 1. The predicted octanol–water partition coefficient (Wildman–Crippen LogP) is 9.90. The van der Waals surface area contributed by atoms with Crippen LogP contribution in [0.25, 0.3) is 0 Å². The topological polar surface area (TPSA) is 119 Å². The standard InChI is InChI=1S/C34H65O8P/c1-3-5-7-9-11-13-15-16-17-19-21-23-25-27-29-34(36)42-32(31-41-43(37,38)39)30-40-33(35)28-26-24-22-20-18-14-12-10-8-6-4-2/h10,12,32H,3-9,11,13-31H2,1-2H3,(H2,37,38,39)/b12-10+/t32-/m1/s1. The molecular weight excluding hydrogens is 567 g/mol. The van der Waals surface area contributed by atoms with Crippen LogP contribution in [0.4, 0.5) is 0 Å². The second-order valence-electron chi connectivity index (χ2n) is 11.8. The summed E-state index contributed by atoms with van der Waals surface area (Å²) in [5.41, 5.74) is 0. The van der Waals surface area contributed by atoms with Crippen molar-refractivity contribution in [1.29, 1.82) is 0 Å². The van der Waals surface area contributed by atoms with E-state index < -0.39 is 32.5 Å². The van der Waals surface area contributed by atoms with Crippen LogP contribution >= 0.6 is 7.82 Å². The van der Waals surface area contributed by atoms with Crippen molar-refractivity contribution in [3.63, 3.8) is 0 Å². The normalized spacial score (nSPS) is 12.6. The Morgan fingerprint density at radius 3 is 1.49 bits per heavy atom. The quantitative estimate of drug-likeness (QED) is 0.0325. The van der Waals surface area contributed by atoms with Gasteiger partial charge in [-0.2, -0.15) is 0 Å². The molecule has 8 nitrogen and oxygen atoms in total. The first-order valence-corrected chi connectivity index (χ1v) is 19.0. The van der Waals surface area contributed by atoms with E-state index in [1.165, 1.54) is 77.0 Å². The third-order valence-corrected chi connectivity index (χ3v) is 8.02. The van der Waals surface area contributed by atoms with Gasteiger partial charge in [-0.25, -0.2) is 4.57 Å². The number of allylic oxidation sites excluding steroid dienone is 2. The molecule has 0 aliphatic carbocycles. The van der Waals surface area contributed by atoms with Crippen LogP contribution in [0.15, 0.2) is 12.2 Å². The molecule has 0 aromatic rings. The van der Waals surface area contributed by atoms with Crippen molar-refractivity contribution in [2.24, 2.45) is 0 Å². The minimum absolute atomic E-state index is 0.215. The third-order valence-electron chi connectivity index (χ3n) is 7.53. The molecule has 0 rings (SSSR count). The minimum Gasteiger partial charge on any atom is -0.462 e. The van der Waals surface area contributed by atoms with E-state index in [1.54, 1.807) is 0 Å². The van der Waals surface area contributed by atoms with E-state index in [2.05, 4.69) is 30.5 Å². The van der Waals surface area contributed by atoms with Crippen LogP contribution in [0.2, 0.25) is 0 Å². The van der Waals surface area contributed by atoms with Crippen LogP contribution in [0.3, 0.4) is 0 Å². The maximum Gasteiger partial charge on any atom is 0.469 e. The minimum atomic E-state index is -4.74. The summed E-state index contributed by atoms with van der Waals surface area (Å²) in [5, 5.41) is 0.